The molecule has 0 unspecified atom stereocenters. The molecule has 2 rings (SSSR count). The van der Waals surface area contributed by atoms with Crippen LogP contribution in [0.2, 0.25) is 0 Å². The normalized spacial score (nSPS) is 10.6. The van der Waals surface area contributed by atoms with Gasteiger partial charge in [-0.05, 0) is 53.3 Å². The van der Waals surface area contributed by atoms with Crippen molar-refractivity contribution < 1.29 is 14.0 Å². The first kappa shape index (κ1) is 20.2. The third kappa shape index (κ3) is 5.46. The van der Waals surface area contributed by atoms with Crippen molar-refractivity contribution in [1.29, 1.82) is 0 Å². The number of halogens is 2. The molecule has 0 radical (unpaired) electrons. The van der Waals surface area contributed by atoms with Crippen molar-refractivity contribution >= 4 is 40.0 Å². The van der Waals surface area contributed by atoms with Crippen molar-refractivity contribution in [2.75, 3.05) is 13.1 Å². The molecule has 0 aliphatic heterocycles. The first-order chi connectivity index (χ1) is 12.4. The minimum absolute atomic E-state index is 0.124. The van der Waals surface area contributed by atoms with Crippen LogP contribution in [0.15, 0.2) is 22.7 Å². The van der Waals surface area contributed by atoms with E-state index < -0.39 is 11.7 Å². The number of nitrogens with one attached hydrogen (secondary N) is 3. The Labute approximate surface area is 163 Å². The first-order valence-corrected chi connectivity index (χ1v) is 9.26. The predicted molar refractivity (Wildman–Crippen MR) is 101 cm³/mol. The van der Waals surface area contributed by atoms with E-state index in [1.165, 1.54) is 12.1 Å². The van der Waals surface area contributed by atoms with Crippen LogP contribution in [0.25, 0.3) is 0 Å². The highest BCUT2D eigenvalue weighted by Gasteiger charge is 2.11. The summed E-state index contributed by atoms with van der Waals surface area (Å²) in [5.74, 6) is -0.355. The Morgan fingerprint density at radius 1 is 1.35 bits per heavy atom. The number of carbonyl (C=O) groups is 2. The SMILES string of the molecule is CCn1c(CCNC(=O)CCNC(=O)c2cc(F)ccc2Br)n[nH]c1=S. The zero-order chi connectivity index (χ0) is 19.1. The molecule has 0 spiro atoms. The number of H-pyrrole nitrogens is 1. The van der Waals surface area contributed by atoms with Gasteiger partial charge in [0.15, 0.2) is 4.77 Å². The third-order valence-corrected chi connectivity index (χ3v) is 4.64. The number of benzene rings is 1. The minimum atomic E-state index is -0.499. The highest BCUT2D eigenvalue weighted by Crippen LogP contribution is 2.17. The van der Waals surface area contributed by atoms with Gasteiger partial charge in [0.05, 0.1) is 5.56 Å². The summed E-state index contributed by atoms with van der Waals surface area (Å²) in [6.45, 7) is 3.25. The molecule has 1 aromatic carbocycles. The van der Waals surface area contributed by atoms with Crippen LogP contribution in [0.5, 0.6) is 0 Å². The highest BCUT2D eigenvalue weighted by molar-refractivity contribution is 9.10. The standard InChI is InChI=1S/C16H19BrFN5O2S/c1-2-23-13(21-22-16(23)26)5-7-19-14(24)6-8-20-15(25)11-9-10(18)3-4-12(11)17/h3-4,9H,2,5-8H2,1H3,(H,19,24)(H,20,25)(H,22,26). The van der Waals surface area contributed by atoms with E-state index in [0.717, 1.165) is 11.9 Å². The lowest BCUT2D eigenvalue weighted by Gasteiger charge is -2.08. The zero-order valence-electron chi connectivity index (χ0n) is 14.1. The Balaban J connectivity index is 1.72. The molecule has 1 heterocycles. The van der Waals surface area contributed by atoms with E-state index in [1.54, 1.807) is 0 Å². The number of carbonyl (C=O) groups excluding carboxylic acids is 2. The van der Waals surface area contributed by atoms with Crippen LogP contribution < -0.4 is 10.6 Å². The topological polar surface area (TPSA) is 91.8 Å². The van der Waals surface area contributed by atoms with Gasteiger partial charge in [0.25, 0.3) is 5.91 Å². The summed E-state index contributed by atoms with van der Waals surface area (Å²) in [5.41, 5.74) is 0.188. The molecular weight excluding hydrogens is 425 g/mol. The third-order valence-electron chi connectivity index (χ3n) is 3.63. The predicted octanol–water partition coefficient (Wildman–Crippen LogP) is 2.34. The van der Waals surface area contributed by atoms with E-state index in [2.05, 4.69) is 36.8 Å². The summed E-state index contributed by atoms with van der Waals surface area (Å²) in [6, 6.07) is 3.85. The molecular formula is C16H19BrFN5O2S. The maximum atomic E-state index is 13.2. The fourth-order valence-corrected chi connectivity index (χ4v) is 3.03. The number of amides is 2. The van der Waals surface area contributed by atoms with Crippen LogP contribution in [-0.4, -0.2) is 39.7 Å². The Hall–Kier alpha value is -2.07. The van der Waals surface area contributed by atoms with Gasteiger partial charge in [0.1, 0.15) is 11.6 Å². The van der Waals surface area contributed by atoms with Crippen molar-refractivity contribution in [3.8, 4) is 0 Å². The van der Waals surface area contributed by atoms with Crippen molar-refractivity contribution in [3.05, 3.63) is 44.6 Å². The lowest BCUT2D eigenvalue weighted by molar-refractivity contribution is -0.120. The zero-order valence-corrected chi connectivity index (χ0v) is 16.5. The first-order valence-electron chi connectivity index (χ1n) is 8.06. The van der Waals surface area contributed by atoms with Gasteiger partial charge < -0.3 is 15.2 Å². The van der Waals surface area contributed by atoms with Gasteiger partial charge in [-0.15, -0.1) is 0 Å². The van der Waals surface area contributed by atoms with E-state index in [4.69, 9.17) is 12.2 Å². The number of aromatic nitrogens is 3. The molecule has 10 heteroatoms. The molecule has 0 bridgehead atoms. The second-order valence-corrected chi connectivity index (χ2v) is 6.66. The monoisotopic (exact) mass is 443 g/mol. The molecule has 0 saturated carbocycles. The van der Waals surface area contributed by atoms with Gasteiger partial charge in [-0.1, -0.05) is 0 Å². The second kappa shape index (κ2) is 9.58. The largest absolute Gasteiger partial charge is 0.356 e. The highest BCUT2D eigenvalue weighted by atomic mass is 79.9. The molecule has 2 aromatic rings. The molecule has 7 nitrogen and oxygen atoms in total. The van der Waals surface area contributed by atoms with Gasteiger partial charge in [-0.2, -0.15) is 5.10 Å². The van der Waals surface area contributed by atoms with Crippen LogP contribution in [0.4, 0.5) is 4.39 Å². The summed E-state index contributed by atoms with van der Waals surface area (Å²) >= 11 is 8.30. The lowest BCUT2D eigenvalue weighted by Crippen LogP contribution is -2.32. The van der Waals surface area contributed by atoms with Crippen molar-refractivity contribution in [2.45, 2.75) is 26.3 Å². The summed E-state index contributed by atoms with van der Waals surface area (Å²) < 4.78 is 16.1. The van der Waals surface area contributed by atoms with E-state index >= 15 is 0 Å². The summed E-state index contributed by atoms with van der Waals surface area (Å²) in [4.78, 5) is 23.9. The van der Waals surface area contributed by atoms with Crippen molar-refractivity contribution in [3.63, 3.8) is 0 Å². The van der Waals surface area contributed by atoms with Crippen LogP contribution >= 0.6 is 28.1 Å². The number of nitrogens with zero attached hydrogens (tertiary/aromatic N) is 2. The van der Waals surface area contributed by atoms with Gasteiger partial charge in [-0.3, -0.25) is 14.7 Å². The fourth-order valence-electron chi connectivity index (χ4n) is 2.33. The Morgan fingerprint density at radius 2 is 2.12 bits per heavy atom. The second-order valence-electron chi connectivity index (χ2n) is 5.42. The molecule has 3 N–H and O–H groups in total. The molecule has 26 heavy (non-hydrogen) atoms. The molecule has 0 atom stereocenters. The van der Waals surface area contributed by atoms with Crippen LogP contribution in [-0.2, 0) is 17.8 Å². The molecule has 140 valence electrons. The maximum Gasteiger partial charge on any atom is 0.252 e. The molecule has 1 aromatic heterocycles. The number of rotatable bonds is 8. The van der Waals surface area contributed by atoms with Crippen LogP contribution in [0, 0.1) is 10.6 Å². The smallest absolute Gasteiger partial charge is 0.252 e. The minimum Gasteiger partial charge on any atom is -0.356 e. The molecule has 2 amide bonds. The summed E-state index contributed by atoms with van der Waals surface area (Å²) in [7, 11) is 0. The number of hydrogen-bond acceptors (Lipinski definition) is 4. The Kier molecular flexibility index (Phi) is 7.46. The van der Waals surface area contributed by atoms with Gasteiger partial charge in [-0.25, -0.2) is 4.39 Å². The number of aromatic amines is 1. The van der Waals surface area contributed by atoms with Crippen LogP contribution in [0.1, 0.15) is 29.5 Å². The van der Waals surface area contributed by atoms with E-state index in [1.807, 2.05) is 11.5 Å². The molecule has 0 fully saturated rings. The van der Waals surface area contributed by atoms with Gasteiger partial charge in [0.2, 0.25) is 5.91 Å². The van der Waals surface area contributed by atoms with Gasteiger partial charge >= 0.3 is 0 Å². The molecule has 0 saturated heterocycles. The Bertz CT molecular complexity index is 851. The van der Waals surface area contributed by atoms with E-state index in [9.17, 15) is 14.0 Å². The summed E-state index contributed by atoms with van der Waals surface area (Å²) in [6.07, 6.45) is 0.675. The maximum absolute atomic E-state index is 13.2. The quantitative estimate of drug-likeness (QED) is 0.546. The average Bonchev–Trinajstić information content (AvgIpc) is 2.96. The number of hydrogen-bond donors (Lipinski definition) is 3. The van der Waals surface area contributed by atoms with Crippen LogP contribution in [0.3, 0.4) is 0 Å². The van der Waals surface area contributed by atoms with Crippen molar-refractivity contribution in [2.24, 2.45) is 0 Å². The fraction of sp³-hybridized carbons (Fsp3) is 0.375. The molecule has 0 aliphatic rings. The van der Waals surface area contributed by atoms with E-state index in [0.29, 0.717) is 28.8 Å². The molecule has 0 aliphatic carbocycles. The van der Waals surface area contributed by atoms with E-state index in [-0.39, 0.29) is 24.4 Å². The average molecular weight is 444 g/mol. The summed E-state index contributed by atoms with van der Waals surface area (Å²) in [5, 5.41) is 12.2. The Morgan fingerprint density at radius 3 is 2.85 bits per heavy atom. The van der Waals surface area contributed by atoms with Gasteiger partial charge in [0, 0.05) is 36.9 Å². The van der Waals surface area contributed by atoms with Crippen molar-refractivity contribution in [1.82, 2.24) is 25.4 Å². The lowest BCUT2D eigenvalue weighted by atomic mass is 10.2.